The summed E-state index contributed by atoms with van der Waals surface area (Å²) in [6, 6.07) is 0. The van der Waals surface area contributed by atoms with E-state index in [4.69, 9.17) is 21.5 Å². The minimum absolute atomic E-state index is 0.00851. The molecule has 5 N–H and O–H groups in total. The van der Waals surface area contributed by atoms with Gasteiger partial charge in [0.25, 0.3) is 6.08 Å². The average Bonchev–Trinajstić information content (AvgIpc) is 3.19. The van der Waals surface area contributed by atoms with Gasteiger partial charge in [0.05, 0.1) is 11.7 Å². The van der Waals surface area contributed by atoms with Crippen molar-refractivity contribution in [3.05, 3.63) is 17.0 Å². The first-order chi connectivity index (χ1) is 14.7. The number of nitrogens with zero attached hydrogens (tertiary/aromatic N) is 3. The molecule has 180 valence electrons. The summed E-state index contributed by atoms with van der Waals surface area (Å²) in [5.74, 6) is 0. The molecule has 0 aliphatic carbocycles. The summed E-state index contributed by atoms with van der Waals surface area (Å²) < 4.78 is 38.6. The van der Waals surface area contributed by atoms with Gasteiger partial charge in [0.2, 0.25) is 4.77 Å². The molecule has 14 heteroatoms. The van der Waals surface area contributed by atoms with Crippen LogP contribution in [0, 0.1) is 10.8 Å². The van der Waals surface area contributed by atoms with Crippen LogP contribution in [0.4, 0.5) is 4.39 Å². The Balaban J connectivity index is 1.85. The molecule has 0 radical (unpaired) electrons. The van der Waals surface area contributed by atoms with Crippen LogP contribution >= 0.6 is 19.8 Å². The Hall–Kier alpha value is -1.31. The normalized spacial score (nSPS) is 29.5. The maximum Gasteiger partial charge on any atom is 0.359 e. The van der Waals surface area contributed by atoms with Gasteiger partial charge in [-0.25, -0.2) is 0 Å². The fourth-order valence-electron chi connectivity index (χ4n) is 3.44. The van der Waals surface area contributed by atoms with Crippen molar-refractivity contribution in [1.29, 1.82) is 0 Å². The van der Waals surface area contributed by atoms with E-state index < -0.39 is 49.2 Å². The van der Waals surface area contributed by atoms with Gasteiger partial charge in [-0.2, -0.15) is 14.4 Å². The van der Waals surface area contributed by atoms with E-state index in [9.17, 15) is 29.2 Å². The standard InChI is InChI=1S/C18H28FN4O7PS/c1-5-17(3,30-31(27,28)18(4,26)6-2)7-10-11(24)12(25)14(29-10)23-8-9-13(22-16(23)32)21-15(19)20-9/h8,10-12,14,24-26H,5-7H2,1-4H3,(H,27,28)(H,20,21,22,32)/t10-,11?,12+,14-,17?,18?/m1/s1. The second-order valence-corrected chi connectivity index (χ2v) is 11.0. The number of aliphatic hydroxyl groups is 3. The van der Waals surface area contributed by atoms with E-state index in [0.29, 0.717) is 0 Å². The molecule has 1 fully saturated rings. The van der Waals surface area contributed by atoms with Crippen molar-refractivity contribution < 1.29 is 38.4 Å². The third-order valence-corrected chi connectivity index (χ3v) is 8.51. The van der Waals surface area contributed by atoms with Gasteiger partial charge in [-0.05, 0) is 38.9 Å². The highest BCUT2D eigenvalue weighted by molar-refractivity contribution is 7.71. The Labute approximate surface area is 188 Å². The van der Waals surface area contributed by atoms with Crippen molar-refractivity contribution in [2.75, 3.05) is 0 Å². The molecular weight excluding hydrogens is 466 g/mol. The topological polar surface area (TPSA) is 163 Å². The monoisotopic (exact) mass is 494 g/mol. The van der Waals surface area contributed by atoms with E-state index in [1.807, 2.05) is 0 Å². The number of hydrogen-bond donors (Lipinski definition) is 5. The second-order valence-electron chi connectivity index (χ2n) is 8.43. The zero-order chi connectivity index (χ0) is 24.1. The Kier molecular flexibility index (Phi) is 6.96. The van der Waals surface area contributed by atoms with Gasteiger partial charge >= 0.3 is 7.60 Å². The van der Waals surface area contributed by atoms with Crippen molar-refractivity contribution in [3.8, 4) is 0 Å². The maximum absolute atomic E-state index is 13.4. The summed E-state index contributed by atoms with van der Waals surface area (Å²) >= 11 is 5.20. The molecule has 2 aromatic rings. The molecule has 0 spiro atoms. The fraction of sp³-hybridized carbons (Fsp3) is 0.722. The van der Waals surface area contributed by atoms with Gasteiger partial charge in [0.1, 0.15) is 17.7 Å². The first kappa shape index (κ1) is 25.3. The Morgan fingerprint density at radius 1 is 1.31 bits per heavy atom. The predicted molar refractivity (Wildman–Crippen MR) is 114 cm³/mol. The summed E-state index contributed by atoms with van der Waals surface area (Å²) in [6.45, 7) is 6.05. The zero-order valence-electron chi connectivity index (χ0n) is 18.1. The van der Waals surface area contributed by atoms with Gasteiger partial charge in [0.15, 0.2) is 17.2 Å². The number of aliphatic hydroxyl groups excluding tert-OH is 2. The lowest BCUT2D eigenvalue weighted by molar-refractivity contribution is -0.0707. The van der Waals surface area contributed by atoms with E-state index in [0.717, 1.165) is 0 Å². The smallest absolute Gasteiger partial charge is 0.359 e. The van der Waals surface area contributed by atoms with Crippen LogP contribution in [0.3, 0.4) is 0 Å². The Morgan fingerprint density at radius 2 is 1.97 bits per heavy atom. The molecule has 11 nitrogen and oxygen atoms in total. The summed E-state index contributed by atoms with van der Waals surface area (Å²) in [5, 5.41) is 29.5. The quantitative estimate of drug-likeness (QED) is 0.209. The molecule has 0 amide bonds. The lowest BCUT2D eigenvalue weighted by atomic mass is 9.93. The van der Waals surface area contributed by atoms with Crippen LogP contribution < -0.4 is 0 Å². The molecule has 2 aromatic heterocycles. The predicted octanol–water partition coefficient (Wildman–Crippen LogP) is 2.13. The van der Waals surface area contributed by atoms with Gasteiger partial charge in [-0.1, -0.05) is 13.8 Å². The molecule has 0 saturated carbocycles. The minimum atomic E-state index is -4.45. The second kappa shape index (κ2) is 8.80. The van der Waals surface area contributed by atoms with Gasteiger partial charge in [0, 0.05) is 12.6 Å². The summed E-state index contributed by atoms with van der Waals surface area (Å²) in [6.07, 6.45) is -4.28. The van der Waals surface area contributed by atoms with Crippen LogP contribution in [-0.2, 0) is 13.8 Å². The van der Waals surface area contributed by atoms with Crippen molar-refractivity contribution in [2.45, 2.75) is 82.4 Å². The van der Waals surface area contributed by atoms with E-state index in [1.54, 1.807) is 20.8 Å². The van der Waals surface area contributed by atoms with Crippen LogP contribution in [-0.4, -0.2) is 69.0 Å². The number of fused-ring (bicyclic) bond motifs is 1. The number of H-pyrrole nitrogens is 1. The molecule has 32 heavy (non-hydrogen) atoms. The molecular formula is C18H28FN4O7PS. The van der Waals surface area contributed by atoms with Crippen molar-refractivity contribution in [3.63, 3.8) is 0 Å². The molecule has 0 aromatic carbocycles. The van der Waals surface area contributed by atoms with Crippen LogP contribution in [0.25, 0.3) is 11.2 Å². The van der Waals surface area contributed by atoms with Crippen LogP contribution in [0.15, 0.2) is 6.20 Å². The third-order valence-electron chi connectivity index (χ3n) is 5.99. The first-order valence-electron chi connectivity index (χ1n) is 10.2. The van der Waals surface area contributed by atoms with E-state index in [-0.39, 0.29) is 35.2 Å². The highest BCUT2D eigenvalue weighted by Gasteiger charge is 2.50. The first-order valence-corrected chi connectivity index (χ1v) is 12.1. The third kappa shape index (κ3) is 4.66. The average molecular weight is 494 g/mol. The molecule has 1 aliphatic heterocycles. The molecule has 4 unspecified atom stereocenters. The van der Waals surface area contributed by atoms with E-state index in [1.165, 1.54) is 17.7 Å². The van der Waals surface area contributed by atoms with Gasteiger partial charge in [-0.15, -0.1) is 0 Å². The van der Waals surface area contributed by atoms with Gasteiger partial charge in [-0.3, -0.25) is 14.1 Å². The number of hydrogen-bond acceptors (Lipinski definition) is 9. The summed E-state index contributed by atoms with van der Waals surface area (Å²) in [4.78, 5) is 20.3. The summed E-state index contributed by atoms with van der Waals surface area (Å²) in [5.41, 5.74) is -0.991. The molecule has 3 rings (SSSR count). The van der Waals surface area contributed by atoms with E-state index >= 15 is 0 Å². The number of rotatable bonds is 8. The van der Waals surface area contributed by atoms with Crippen molar-refractivity contribution in [2.24, 2.45) is 0 Å². The number of nitrogens with one attached hydrogen (secondary N) is 1. The summed E-state index contributed by atoms with van der Waals surface area (Å²) in [7, 11) is -4.45. The van der Waals surface area contributed by atoms with Crippen LogP contribution in [0.2, 0.25) is 0 Å². The highest BCUT2D eigenvalue weighted by Crippen LogP contribution is 2.59. The molecule has 7 atom stereocenters. The fourth-order valence-corrected chi connectivity index (χ4v) is 5.09. The number of aromatic nitrogens is 4. The highest BCUT2D eigenvalue weighted by atomic mass is 32.1. The number of ether oxygens (including phenoxy) is 1. The number of imidazole rings is 1. The number of aromatic amines is 1. The maximum atomic E-state index is 13.4. The molecule has 1 aliphatic rings. The molecule has 3 heterocycles. The van der Waals surface area contributed by atoms with E-state index in [2.05, 4.69) is 15.0 Å². The largest absolute Gasteiger partial charge is 0.388 e. The Bertz CT molecular complexity index is 1090. The van der Waals surface area contributed by atoms with Crippen LogP contribution in [0.1, 0.15) is 53.2 Å². The Morgan fingerprint density at radius 3 is 2.56 bits per heavy atom. The molecule has 0 bridgehead atoms. The minimum Gasteiger partial charge on any atom is -0.388 e. The zero-order valence-corrected chi connectivity index (χ0v) is 19.8. The lowest BCUT2D eigenvalue weighted by Crippen LogP contribution is -2.40. The number of halogens is 1. The van der Waals surface area contributed by atoms with Gasteiger partial charge < -0.3 is 29.5 Å². The lowest BCUT2D eigenvalue weighted by Gasteiger charge is -2.37. The van der Waals surface area contributed by atoms with Crippen molar-refractivity contribution >= 4 is 31.0 Å². The molecule has 1 saturated heterocycles. The van der Waals surface area contributed by atoms with Crippen LogP contribution in [0.5, 0.6) is 0 Å². The SMILES string of the molecule is CCC(C)(C[C@H]1O[C@@H](n2cc3nc(F)[nH]c3nc2=S)[C@@H](O)C1O)OP(=O)(O)C(C)(O)CC. The van der Waals surface area contributed by atoms with Crippen molar-refractivity contribution in [1.82, 2.24) is 19.5 Å².